The van der Waals surface area contributed by atoms with Crippen molar-refractivity contribution in [3.63, 3.8) is 0 Å². The summed E-state index contributed by atoms with van der Waals surface area (Å²) in [6, 6.07) is 0. The normalized spacial score (nSPS) is 27.8. The van der Waals surface area contributed by atoms with Gasteiger partial charge >= 0.3 is 5.97 Å². The van der Waals surface area contributed by atoms with E-state index in [1.165, 1.54) is 0 Å². The van der Waals surface area contributed by atoms with Crippen LogP contribution < -0.4 is 0 Å². The van der Waals surface area contributed by atoms with E-state index >= 15 is 0 Å². The van der Waals surface area contributed by atoms with Crippen LogP contribution in [0.25, 0.3) is 0 Å². The number of aliphatic hydroxyl groups is 1. The van der Waals surface area contributed by atoms with Crippen LogP contribution in [-0.2, 0) is 9.59 Å². The zero-order valence-electron chi connectivity index (χ0n) is 11.8. The van der Waals surface area contributed by atoms with Gasteiger partial charge in [0.25, 0.3) is 0 Å². The Kier molecular flexibility index (Phi) is 3.27. The summed E-state index contributed by atoms with van der Waals surface area (Å²) in [5, 5.41) is 19.7. The van der Waals surface area contributed by atoms with Gasteiger partial charge in [-0.05, 0) is 31.6 Å². The third-order valence-electron chi connectivity index (χ3n) is 5.37. The lowest BCUT2D eigenvalue weighted by atomic mass is 9.71. The maximum Gasteiger partial charge on any atom is 0.310 e. The molecular weight excluding hydrogens is 258 g/mol. The number of hydrogen-bond donors (Lipinski definition) is 2. The summed E-state index contributed by atoms with van der Waals surface area (Å²) in [5.41, 5.74) is -1.54. The Labute approximate surface area is 119 Å². The Balaban J connectivity index is 1.59. The van der Waals surface area contributed by atoms with Crippen molar-refractivity contribution in [2.45, 2.75) is 57.0 Å². The molecule has 2 aliphatic carbocycles. The van der Waals surface area contributed by atoms with Gasteiger partial charge in [0, 0.05) is 6.42 Å². The van der Waals surface area contributed by atoms with E-state index in [1.54, 1.807) is 4.90 Å². The number of aliphatic carboxylic acids is 1. The quantitative estimate of drug-likeness (QED) is 0.816. The Bertz CT molecular complexity index is 418. The van der Waals surface area contributed by atoms with E-state index in [9.17, 15) is 19.8 Å². The van der Waals surface area contributed by atoms with Crippen LogP contribution in [0.1, 0.15) is 51.4 Å². The number of carbonyl (C=O) groups excluding carboxylic acids is 1. The second-order valence-electron chi connectivity index (χ2n) is 6.95. The zero-order chi connectivity index (χ0) is 14.4. The van der Waals surface area contributed by atoms with E-state index in [0.717, 1.165) is 32.1 Å². The molecule has 5 heteroatoms. The summed E-state index contributed by atoms with van der Waals surface area (Å²) in [6.07, 6.45) is 6.27. The molecule has 2 saturated carbocycles. The largest absolute Gasteiger partial charge is 0.481 e. The summed E-state index contributed by atoms with van der Waals surface area (Å²) in [7, 11) is 0. The highest BCUT2D eigenvalue weighted by atomic mass is 16.4. The molecule has 0 atom stereocenters. The summed E-state index contributed by atoms with van der Waals surface area (Å²) in [6.45, 7) is 0.790. The van der Waals surface area contributed by atoms with Crippen LogP contribution >= 0.6 is 0 Å². The van der Waals surface area contributed by atoms with Crippen molar-refractivity contribution in [1.29, 1.82) is 0 Å². The topological polar surface area (TPSA) is 77.8 Å². The maximum atomic E-state index is 12.3. The number of β-amino-alcohol motifs (C(OH)–C–C–N with tert-alkyl or cyclic N) is 1. The van der Waals surface area contributed by atoms with Gasteiger partial charge in [-0.2, -0.15) is 0 Å². The van der Waals surface area contributed by atoms with Crippen LogP contribution in [0.5, 0.6) is 0 Å². The second-order valence-corrected chi connectivity index (χ2v) is 6.95. The Morgan fingerprint density at radius 1 is 1.10 bits per heavy atom. The smallest absolute Gasteiger partial charge is 0.310 e. The van der Waals surface area contributed by atoms with E-state index in [-0.39, 0.29) is 12.3 Å². The number of hydrogen-bond acceptors (Lipinski definition) is 3. The number of carboxylic acids is 1. The third-order valence-corrected chi connectivity index (χ3v) is 5.37. The number of likely N-dealkylation sites (tertiary alicyclic amines) is 1. The first-order valence-electron chi connectivity index (χ1n) is 7.69. The van der Waals surface area contributed by atoms with Crippen LogP contribution in [-0.4, -0.2) is 45.7 Å². The molecule has 3 fully saturated rings. The molecule has 0 spiro atoms. The number of carboxylic acid groups (broad SMARTS) is 1. The minimum Gasteiger partial charge on any atom is -0.481 e. The first kappa shape index (κ1) is 13.9. The molecule has 0 radical (unpaired) electrons. The van der Waals surface area contributed by atoms with Crippen LogP contribution in [0.2, 0.25) is 0 Å². The number of nitrogens with zero attached hydrogens (tertiary/aromatic N) is 1. The van der Waals surface area contributed by atoms with Gasteiger partial charge in [-0.15, -0.1) is 0 Å². The SMILES string of the molecule is O=C(CC1(C(=O)O)CCCCC1)N1CC(O)(C2CC2)C1. The lowest BCUT2D eigenvalue weighted by Gasteiger charge is -2.48. The summed E-state index contributed by atoms with van der Waals surface area (Å²) >= 11 is 0. The molecule has 1 amide bonds. The monoisotopic (exact) mass is 281 g/mol. The molecule has 3 rings (SSSR count). The average molecular weight is 281 g/mol. The predicted molar refractivity (Wildman–Crippen MR) is 72.0 cm³/mol. The fourth-order valence-electron chi connectivity index (χ4n) is 3.77. The minimum atomic E-state index is -0.859. The van der Waals surface area contributed by atoms with Gasteiger partial charge in [0.15, 0.2) is 0 Å². The van der Waals surface area contributed by atoms with Gasteiger partial charge in [0.2, 0.25) is 5.91 Å². The van der Waals surface area contributed by atoms with Crippen molar-refractivity contribution < 1.29 is 19.8 Å². The molecule has 20 heavy (non-hydrogen) atoms. The molecule has 1 saturated heterocycles. The van der Waals surface area contributed by atoms with Crippen molar-refractivity contribution in [1.82, 2.24) is 4.90 Å². The van der Waals surface area contributed by atoms with Crippen LogP contribution in [0.15, 0.2) is 0 Å². The molecule has 0 aromatic carbocycles. The first-order chi connectivity index (χ1) is 9.45. The average Bonchev–Trinajstić information content (AvgIpc) is 3.20. The molecular formula is C15H23NO4. The van der Waals surface area contributed by atoms with E-state index in [2.05, 4.69) is 0 Å². The Morgan fingerprint density at radius 3 is 2.20 bits per heavy atom. The Morgan fingerprint density at radius 2 is 1.70 bits per heavy atom. The third kappa shape index (κ3) is 2.32. The van der Waals surface area contributed by atoms with E-state index in [4.69, 9.17) is 0 Å². The molecule has 0 unspecified atom stereocenters. The summed E-state index contributed by atoms with van der Waals surface area (Å²) < 4.78 is 0. The number of amides is 1. The Hall–Kier alpha value is -1.10. The van der Waals surface area contributed by atoms with Gasteiger partial charge in [-0.25, -0.2) is 0 Å². The maximum absolute atomic E-state index is 12.3. The molecule has 5 nitrogen and oxygen atoms in total. The molecule has 2 N–H and O–H groups in total. The first-order valence-corrected chi connectivity index (χ1v) is 7.69. The molecule has 112 valence electrons. The van der Waals surface area contributed by atoms with Gasteiger partial charge in [0.1, 0.15) is 5.60 Å². The van der Waals surface area contributed by atoms with Crippen molar-refractivity contribution in [3.8, 4) is 0 Å². The summed E-state index contributed by atoms with van der Waals surface area (Å²) in [5.74, 6) is -0.571. The van der Waals surface area contributed by atoms with E-state index in [0.29, 0.717) is 31.8 Å². The number of carbonyl (C=O) groups is 2. The fourth-order valence-corrected chi connectivity index (χ4v) is 3.77. The van der Waals surface area contributed by atoms with E-state index in [1.807, 2.05) is 0 Å². The molecule has 3 aliphatic rings. The standard InChI is InChI=1S/C15H23NO4/c17-12(16-9-15(20,10-16)11-4-5-11)8-14(13(18)19)6-2-1-3-7-14/h11,20H,1-10H2,(H,18,19). The van der Waals surface area contributed by atoms with Crippen LogP contribution in [0, 0.1) is 11.3 Å². The van der Waals surface area contributed by atoms with Crippen molar-refractivity contribution in [2.75, 3.05) is 13.1 Å². The minimum absolute atomic E-state index is 0.0976. The van der Waals surface area contributed by atoms with Crippen LogP contribution in [0.3, 0.4) is 0 Å². The predicted octanol–water partition coefficient (Wildman–Crippen LogP) is 1.39. The lowest BCUT2D eigenvalue weighted by Crippen LogP contribution is -2.65. The molecule has 1 heterocycles. The molecule has 0 bridgehead atoms. The van der Waals surface area contributed by atoms with Crippen molar-refractivity contribution >= 4 is 11.9 Å². The van der Waals surface area contributed by atoms with Crippen molar-refractivity contribution in [3.05, 3.63) is 0 Å². The lowest BCUT2D eigenvalue weighted by molar-refractivity contribution is -0.167. The summed E-state index contributed by atoms with van der Waals surface area (Å²) in [4.78, 5) is 25.5. The zero-order valence-corrected chi connectivity index (χ0v) is 11.8. The van der Waals surface area contributed by atoms with Gasteiger partial charge < -0.3 is 15.1 Å². The molecule has 0 aromatic heterocycles. The van der Waals surface area contributed by atoms with Gasteiger partial charge in [-0.3, -0.25) is 9.59 Å². The fraction of sp³-hybridized carbons (Fsp3) is 0.867. The van der Waals surface area contributed by atoms with E-state index < -0.39 is 17.0 Å². The highest BCUT2D eigenvalue weighted by Gasteiger charge is 2.54. The van der Waals surface area contributed by atoms with Crippen molar-refractivity contribution in [2.24, 2.45) is 11.3 Å². The highest BCUT2D eigenvalue weighted by Crippen LogP contribution is 2.46. The number of rotatable bonds is 4. The van der Waals surface area contributed by atoms with Crippen LogP contribution in [0.4, 0.5) is 0 Å². The second kappa shape index (κ2) is 4.72. The highest BCUT2D eigenvalue weighted by molar-refractivity contribution is 5.85. The molecule has 0 aromatic rings. The van der Waals surface area contributed by atoms with Gasteiger partial charge in [0.05, 0.1) is 18.5 Å². The van der Waals surface area contributed by atoms with Gasteiger partial charge in [-0.1, -0.05) is 19.3 Å². The molecule has 1 aliphatic heterocycles.